The van der Waals surface area contributed by atoms with E-state index in [1.165, 1.54) is 7.11 Å². The fraction of sp³-hybridized carbons (Fsp3) is 0.188. The molecule has 0 amide bonds. The maximum absolute atomic E-state index is 5.48. The quantitative estimate of drug-likeness (QED) is 0.618. The van der Waals surface area contributed by atoms with Crippen LogP contribution in [-0.2, 0) is 4.84 Å². The molecule has 2 aromatic carbocycles. The molecule has 0 aromatic heterocycles. The molecule has 0 unspecified atom stereocenters. The van der Waals surface area contributed by atoms with Gasteiger partial charge in [0.25, 0.3) is 0 Å². The van der Waals surface area contributed by atoms with Gasteiger partial charge in [-0.3, -0.25) is 0 Å². The molecule has 0 heterocycles. The molecule has 0 aliphatic rings. The maximum Gasteiger partial charge on any atom is 0.168 e. The van der Waals surface area contributed by atoms with E-state index in [0.29, 0.717) is 11.5 Å². The second-order valence-corrected chi connectivity index (χ2v) is 4.05. The minimum atomic E-state index is 0.698. The summed E-state index contributed by atoms with van der Waals surface area (Å²) < 4.78 is 10.8. The second kappa shape index (κ2) is 6.61. The van der Waals surface area contributed by atoms with Crippen LogP contribution in [0.15, 0.2) is 47.6 Å². The normalized spacial score (nSPS) is 10.6. The van der Waals surface area contributed by atoms with Gasteiger partial charge in [0.1, 0.15) is 7.11 Å². The summed E-state index contributed by atoms with van der Waals surface area (Å²) in [6.07, 6.45) is 1.67. The van der Waals surface area contributed by atoms with Crippen molar-refractivity contribution >= 4 is 6.21 Å². The molecule has 0 fully saturated rings. The van der Waals surface area contributed by atoms with Gasteiger partial charge in [-0.25, -0.2) is 0 Å². The minimum Gasteiger partial charge on any atom is -0.493 e. The number of para-hydroxylation sites is 1. The van der Waals surface area contributed by atoms with Crippen molar-refractivity contribution in [3.05, 3.63) is 48.0 Å². The van der Waals surface area contributed by atoms with Gasteiger partial charge >= 0.3 is 0 Å². The van der Waals surface area contributed by atoms with Gasteiger partial charge in [0.15, 0.2) is 11.5 Å². The molecule has 4 heteroatoms. The van der Waals surface area contributed by atoms with Crippen LogP contribution in [-0.4, -0.2) is 27.5 Å². The van der Waals surface area contributed by atoms with Crippen LogP contribution in [0.5, 0.6) is 11.5 Å². The van der Waals surface area contributed by atoms with Crippen LogP contribution in [0.25, 0.3) is 11.1 Å². The van der Waals surface area contributed by atoms with Crippen molar-refractivity contribution in [1.29, 1.82) is 0 Å². The number of hydrogen-bond donors (Lipinski definition) is 0. The first-order valence-electron chi connectivity index (χ1n) is 6.18. The number of oxime groups is 1. The monoisotopic (exact) mass is 271 g/mol. The third-order valence-corrected chi connectivity index (χ3v) is 2.95. The van der Waals surface area contributed by atoms with Crippen molar-refractivity contribution in [3.8, 4) is 22.6 Å². The average molecular weight is 271 g/mol. The first-order chi connectivity index (χ1) is 9.81. The lowest BCUT2D eigenvalue weighted by Crippen LogP contribution is -1.95. The van der Waals surface area contributed by atoms with Gasteiger partial charge in [0, 0.05) is 11.1 Å². The minimum absolute atomic E-state index is 0.698. The number of methoxy groups -OCH3 is 2. The molecule has 104 valence electrons. The Hall–Kier alpha value is -2.49. The SMILES string of the molecule is CON=Cc1ccccc1-c1cccc(OC)c1OC. The van der Waals surface area contributed by atoms with E-state index < -0.39 is 0 Å². The topological polar surface area (TPSA) is 40.0 Å². The Morgan fingerprint density at radius 1 is 0.850 bits per heavy atom. The first-order valence-corrected chi connectivity index (χ1v) is 6.18. The molecule has 0 saturated heterocycles. The Balaban J connectivity index is 2.59. The van der Waals surface area contributed by atoms with E-state index in [-0.39, 0.29) is 0 Å². The lowest BCUT2D eigenvalue weighted by molar-refractivity contribution is 0.215. The van der Waals surface area contributed by atoms with Crippen molar-refractivity contribution in [3.63, 3.8) is 0 Å². The Kier molecular flexibility index (Phi) is 4.60. The highest BCUT2D eigenvalue weighted by Gasteiger charge is 2.13. The van der Waals surface area contributed by atoms with Gasteiger partial charge in [-0.1, -0.05) is 41.6 Å². The van der Waals surface area contributed by atoms with Crippen molar-refractivity contribution in [2.45, 2.75) is 0 Å². The molecule has 0 aliphatic carbocycles. The fourth-order valence-corrected chi connectivity index (χ4v) is 2.06. The van der Waals surface area contributed by atoms with Gasteiger partial charge in [-0.2, -0.15) is 0 Å². The summed E-state index contributed by atoms with van der Waals surface area (Å²) in [6, 6.07) is 13.7. The number of benzene rings is 2. The number of ether oxygens (including phenoxy) is 2. The van der Waals surface area contributed by atoms with Crippen LogP contribution >= 0.6 is 0 Å². The van der Waals surface area contributed by atoms with Crippen LogP contribution in [0.2, 0.25) is 0 Å². The molecule has 2 rings (SSSR count). The lowest BCUT2D eigenvalue weighted by atomic mass is 9.99. The molecule has 0 saturated carbocycles. The van der Waals surface area contributed by atoms with E-state index in [1.807, 2.05) is 42.5 Å². The van der Waals surface area contributed by atoms with Crippen molar-refractivity contribution in [1.82, 2.24) is 0 Å². The van der Waals surface area contributed by atoms with E-state index in [4.69, 9.17) is 14.3 Å². The molecule has 0 atom stereocenters. The summed E-state index contributed by atoms with van der Waals surface area (Å²) >= 11 is 0. The van der Waals surface area contributed by atoms with E-state index in [1.54, 1.807) is 20.4 Å². The summed E-state index contributed by atoms with van der Waals surface area (Å²) in [5.41, 5.74) is 2.90. The number of rotatable bonds is 5. The smallest absolute Gasteiger partial charge is 0.168 e. The summed E-state index contributed by atoms with van der Waals surface area (Å²) in [5.74, 6) is 1.40. The zero-order valence-electron chi connectivity index (χ0n) is 11.8. The van der Waals surface area contributed by atoms with Crippen molar-refractivity contribution in [2.24, 2.45) is 5.16 Å². The van der Waals surface area contributed by atoms with E-state index in [0.717, 1.165) is 16.7 Å². The molecule has 4 nitrogen and oxygen atoms in total. The van der Waals surface area contributed by atoms with E-state index in [9.17, 15) is 0 Å². The average Bonchev–Trinajstić information content (AvgIpc) is 2.52. The van der Waals surface area contributed by atoms with Gasteiger partial charge in [-0.15, -0.1) is 0 Å². The van der Waals surface area contributed by atoms with E-state index >= 15 is 0 Å². The van der Waals surface area contributed by atoms with Crippen LogP contribution in [0, 0.1) is 0 Å². The Bertz CT molecular complexity index is 608. The molecule has 0 spiro atoms. The molecule has 2 aromatic rings. The largest absolute Gasteiger partial charge is 0.493 e. The van der Waals surface area contributed by atoms with Crippen LogP contribution in [0.3, 0.4) is 0 Å². The summed E-state index contributed by atoms with van der Waals surface area (Å²) in [5, 5.41) is 3.83. The predicted molar refractivity (Wildman–Crippen MR) is 79.6 cm³/mol. The predicted octanol–water partition coefficient (Wildman–Crippen LogP) is 3.35. The number of nitrogens with zero attached hydrogens (tertiary/aromatic N) is 1. The van der Waals surface area contributed by atoms with Gasteiger partial charge in [0.05, 0.1) is 20.4 Å². The summed E-state index contributed by atoms with van der Waals surface area (Å²) in [4.78, 5) is 4.75. The molecule has 0 radical (unpaired) electrons. The third kappa shape index (κ3) is 2.74. The van der Waals surface area contributed by atoms with Crippen molar-refractivity contribution < 1.29 is 14.3 Å². The Morgan fingerprint density at radius 3 is 2.30 bits per heavy atom. The highest BCUT2D eigenvalue weighted by atomic mass is 16.6. The molecule has 0 bridgehead atoms. The fourth-order valence-electron chi connectivity index (χ4n) is 2.06. The van der Waals surface area contributed by atoms with Gasteiger partial charge in [-0.05, 0) is 11.6 Å². The standard InChI is InChI=1S/C16H17NO3/c1-18-15-10-6-9-14(16(15)19-2)13-8-5-4-7-12(13)11-17-20-3/h4-11H,1-3H3. The zero-order chi connectivity index (χ0) is 14.4. The molecular weight excluding hydrogens is 254 g/mol. The van der Waals surface area contributed by atoms with Crippen LogP contribution in [0.1, 0.15) is 5.56 Å². The third-order valence-electron chi connectivity index (χ3n) is 2.95. The van der Waals surface area contributed by atoms with Gasteiger partial charge in [0.2, 0.25) is 0 Å². The Labute approximate surface area is 118 Å². The Morgan fingerprint density at radius 2 is 1.60 bits per heavy atom. The summed E-state index contributed by atoms with van der Waals surface area (Å²) in [7, 11) is 4.78. The molecular formula is C16H17NO3. The number of hydrogen-bond acceptors (Lipinski definition) is 4. The maximum atomic E-state index is 5.48. The van der Waals surface area contributed by atoms with Crippen molar-refractivity contribution in [2.75, 3.05) is 21.3 Å². The highest BCUT2D eigenvalue weighted by molar-refractivity contribution is 5.92. The van der Waals surface area contributed by atoms with E-state index in [2.05, 4.69) is 5.16 Å². The lowest BCUT2D eigenvalue weighted by Gasteiger charge is -2.14. The van der Waals surface area contributed by atoms with Gasteiger partial charge < -0.3 is 14.3 Å². The first kappa shape index (κ1) is 13.9. The molecule has 0 aliphatic heterocycles. The summed E-state index contributed by atoms with van der Waals surface area (Å²) in [6.45, 7) is 0. The van der Waals surface area contributed by atoms with Crippen LogP contribution in [0.4, 0.5) is 0 Å². The van der Waals surface area contributed by atoms with Crippen LogP contribution < -0.4 is 9.47 Å². The molecule has 0 N–H and O–H groups in total. The molecule has 20 heavy (non-hydrogen) atoms. The highest BCUT2D eigenvalue weighted by Crippen LogP contribution is 2.38. The second-order valence-electron chi connectivity index (χ2n) is 4.05. The zero-order valence-corrected chi connectivity index (χ0v) is 11.8.